The van der Waals surface area contributed by atoms with E-state index in [0.717, 1.165) is 80.8 Å². The Morgan fingerprint density at radius 1 is 1.23 bits per heavy atom. The maximum absolute atomic E-state index is 12.9. The lowest BCUT2D eigenvalue weighted by atomic mass is 9.96. The Hall–Kier alpha value is -2.40. The van der Waals surface area contributed by atoms with Gasteiger partial charge in [-0.3, -0.25) is 9.59 Å². The number of para-hydroxylation sites is 1. The fourth-order valence-electron chi connectivity index (χ4n) is 4.92. The number of benzene rings is 1. The third-order valence-electron chi connectivity index (χ3n) is 6.39. The van der Waals surface area contributed by atoms with E-state index >= 15 is 0 Å². The Bertz CT molecular complexity index is 858. The van der Waals surface area contributed by atoms with E-state index in [-0.39, 0.29) is 17.7 Å². The van der Waals surface area contributed by atoms with E-state index in [1.165, 1.54) is 0 Å². The van der Waals surface area contributed by atoms with E-state index in [0.29, 0.717) is 13.0 Å². The van der Waals surface area contributed by atoms with Gasteiger partial charge in [-0.15, -0.1) is 0 Å². The number of ether oxygens (including phenoxy) is 1. The number of allylic oxidation sites excluding steroid dienone is 3. The molecule has 0 radical (unpaired) electrons. The first kappa shape index (κ1) is 20.9. The lowest BCUT2D eigenvalue weighted by molar-refractivity contribution is -0.149. The fraction of sp³-hybridized carbons (Fsp3) is 0.520. The predicted molar refractivity (Wildman–Crippen MR) is 118 cm³/mol. The SMILES string of the molecule is CCOC(=O)[C@@H]1CCCN(CCCN2C3=C(CCC=C3)C(=O)Cc3ccccc32)C1. The number of piperidine rings is 1. The summed E-state index contributed by atoms with van der Waals surface area (Å²) in [4.78, 5) is 29.7. The van der Waals surface area contributed by atoms with E-state index in [4.69, 9.17) is 4.74 Å². The maximum atomic E-state index is 12.9. The molecule has 0 saturated carbocycles. The first-order valence-corrected chi connectivity index (χ1v) is 11.3. The fourth-order valence-corrected chi connectivity index (χ4v) is 4.92. The molecule has 160 valence electrons. The first-order chi connectivity index (χ1) is 14.7. The van der Waals surface area contributed by atoms with Crippen LogP contribution < -0.4 is 4.90 Å². The van der Waals surface area contributed by atoms with Gasteiger partial charge in [0, 0.05) is 36.5 Å². The van der Waals surface area contributed by atoms with Gasteiger partial charge in [-0.1, -0.05) is 24.3 Å². The van der Waals surface area contributed by atoms with Gasteiger partial charge in [0.2, 0.25) is 0 Å². The molecule has 5 heteroatoms. The molecule has 5 nitrogen and oxygen atoms in total. The van der Waals surface area contributed by atoms with Gasteiger partial charge in [-0.05, 0) is 69.8 Å². The Kier molecular flexibility index (Phi) is 6.68. The lowest BCUT2D eigenvalue weighted by Crippen LogP contribution is -2.40. The zero-order chi connectivity index (χ0) is 20.9. The number of anilines is 1. The number of carbonyl (C=O) groups excluding carboxylic acids is 2. The molecule has 0 aromatic heterocycles. The van der Waals surface area contributed by atoms with Crippen molar-refractivity contribution < 1.29 is 14.3 Å². The average Bonchev–Trinajstić information content (AvgIpc) is 2.89. The Labute approximate surface area is 179 Å². The molecule has 0 spiro atoms. The first-order valence-electron chi connectivity index (χ1n) is 11.3. The van der Waals surface area contributed by atoms with Crippen molar-refractivity contribution in [3.63, 3.8) is 0 Å². The van der Waals surface area contributed by atoms with Crippen LogP contribution in [-0.4, -0.2) is 49.4 Å². The highest BCUT2D eigenvalue weighted by molar-refractivity contribution is 6.01. The highest BCUT2D eigenvalue weighted by Crippen LogP contribution is 2.34. The van der Waals surface area contributed by atoms with Crippen LogP contribution in [0.2, 0.25) is 0 Å². The van der Waals surface area contributed by atoms with E-state index in [1.807, 2.05) is 13.0 Å². The molecule has 0 N–H and O–H groups in total. The topological polar surface area (TPSA) is 49.9 Å². The summed E-state index contributed by atoms with van der Waals surface area (Å²) in [7, 11) is 0. The smallest absolute Gasteiger partial charge is 0.310 e. The lowest BCUT2D eigenvalue weighted by Gasteiger charge is -2.33. The van der Waals surface area contributed by atoms with Gasteiger partial charge in [0.15, 0.2) is 5.78 Å². The number of likely N-dealkylation sites (tertiary alicyclic amines) is 1. The van der Waals surface area contributed by atoms with Crippen LogP contribution in [0.3, 0.4) is 0 Å². The normalized spacial score (nSPS) is 21.8. The van der Waals surface area contributed by atoms with Crippen LogP contribution in [0.15, 0.2) is 47.7 Å². The number of rotatable bonds is 6. The third kappa shape index (κ3) is 4.51. The van der Waals surface area contributed by atoms with E-state index in [1.54, 1.807) is 0 Å². The summed E-state index contributed by atoms with van der Waals surface area (Å²) < 4.78 is 5.23. The number of nitrogens with zero attached hydrogens (tertiary/aromatic N) is 2. The largest absolute Gasteiger partial charge is 0.466 e. The number of fused-ring (bicyclic) bond motifs is 1. The van der Waals surface area contributed by atoms with Gasteiger partial charge in [0.1, 0.15) is 0 Å². The van der Waals surface area contributed by atoms with Crippen molar-refractivity contribution in [2.45, 2.75) is 45.4 Å². The number of Topliss-reactive ketones (excluding diaryl/α,β-unsaturated/α-hetero) is 1. The summed E-state index contributed by atoms with van der Waals surface area (Å²) in [5.41, 5.74) is 4.34. The molecule has 3 aliphatic rings. The summed E-state index contributed by atoms with van der Waals surface area (Å²) in [6, 6.07) is 8.30. The molecular weight excluding hydrogens is 376 g/mol. The number of hydrogen-bond acceptors (Lipinski definition) is 5. The monoisotopic (exact) mass is 408 g/mol. The van der Waals surface area contributed by atoms with E-state index in [2.05, 4.69) is 40.2 Å². The molecule has 4 rings (SSSR count). The summed E-state index contributed by atoms with van der Waals surface area (Å²) in [5.74, 6) is 0.215. The highest BCUT2D eigenvalue weighted by Gasteiger charge is 2.29. The molecule has 1 saturated heterocycles. The second kappa shape index (κ2) is 9.61. The van der Waals surface area contributed by atoms with Crippen LogP contribution >= 0.6 is 0 Å². The Morgan fingerprint density at radius 2 is 2.10 bits per heavy atom. The molecule has 0 amide bonds. The second-order valence-electron chi connectivity index (χ2n) is 8.43. The summed E-state index contributed by atoms with van der Waals surface area (Å²) in [6.07, 6.45) is 9.55. The zero-order valence-corrected chi connectivity index (χ0v) is 17.9. The third-order valence-corrected chi connectivity index (χ3v) is 6.39. The van der Waals surface area contributed by atoms with Gasteiger partial charge in [0.05, 0.1) is 12.5 Å². The summed E-state index contributed by atoms with van der Waals surface area (Å²) >= 11 is 0. The van der Waals surface area contributed by atoms with Crippen molar-refractivity contribution in [1.29, 1.82) is 0 Å². The van der Waals surface area contributed by atoms with E-state index < -0.39 is 0 Å². The zero-order valence-electron chi connectivity index (χ0n) is 17.9. The van der Waals surface area contributed by atoms with Crippen molar-refractivity contribution in [2.24, 2.45) is 5.92 Å². The molecule has 2 aliphatic heterocycles. The van der Waals surface area contributed by atoms with Crippen molar-refractivity contribution in [2.75, 3.05) is 37.7 Å². The van der Waals surface area contributed by atoms with E-state index in [9.17, 15) is 9.59 Å². The van der Waals surface area contributed by atoms with Crippen molar-refractivity contribution >= 4 is 17.4 Å². The summed E-state index contributed by atoms with van der Waals surface area (Å²) in [5, 5.41) is 0. The molecule has 1 aliphatic carbocycles. The number of ketones is 1. The second-order valence-corrected chi connectivity index (χ2v) is 8.43. The standard InChI is InChI=1S/C25H32N2O3/c1-2-30-25(29)20-10-7-14-26(18-20)15-8-16-27-22-12-5-3-9-19(22)17-24(28)21-11-4-6-13-23(21)27/h3,5-6,9,12-13,20H,2,4,7-8,10-11,14-18H2,1H3/t20-/m1/s1. The Morgan fingerprint density at radius 3 is 2.97 bits per heavy atom. The van der Waals surface area contributed by atoms with Gasteiger partial charge >= 0.3 is 5.97 Å². The minimum absolute atomic E-state index is 0.00539. The minimum Gasteiger partial charge on any atom is -0.466 e. The summed E-state index contributed by atoms with van der Waals surface area (Å²) in [6.45, 7) is 5.97. The Balaban J connectivity index is 1.45. The number of esters is 1. The van der Waals surface area contributed by atoms with Gasteiger partial charge in [-0.2, -0.15) is 0 Å². The molecule has 1 aromatic carbocycles. The molecule has 2 heterocycles. The van der Waals surface area contributed by atoms with Gasteiger partial charge in [-0.25, -0.2) is 0 Å². The van der Waals surface area contributed by atoms with Crippen LogP contribution in [0, 0.1) is 5.92 Å². The van der Waals surface area contributed by atoms with Crippen molar-refractivity contribution in [3.05, 3.63) is 53.3 Å². The maximum Gasteiger partial charge on any atom is 0.310 e. The quantitative estimate of drug-likeness (QED) is 0.669. The van der Waals surface area contributed by atoms with Gasteiger partial charge in [0.25, 0.3) is 0 Å². The van der Waals surface area contributed by atoms with Gasteiger partial charge < -0.3 is 14.5 Å². The van der Waals surface area contributed by atoms with Crippen LogP contribution in [0.5, 0.6) is 0 Å². The molecule has 30 heavy (non-hydrogen) atoms. The predicted octanol–water partition coefficient (Wildman–Crippen LogP) is 3.89. The average molecular weight is 409 g/mol. The number of carbonyl (C=O) groups is 2. The molecule has 0 bridgehead atoms. The highest BCUT2D eigenvalue weighted by atomic mass is 16.5. The molecule has 1 fully saturated rings. The van der Waals surface area contributed by atoms with Crippen LogP contribution in [0.4, 0.5) is 5.69 Å². The minimum atomic E-state index is -0.0516. The van der Waals surface area contributed by atoms with Crippen LogP contribution in [0.1, 0.15) is 44.6 Å². The van der Waals surface area contributed by atoms with Crippen LogP contribution in [-0.2, 0) is 20.7 Å². The van der Waals surface area contributed by atoms with Crippen molar-refractivity contribution in [1.82, 2.24) is 4.90 Å². The van der Waals surface area contributed by atoms with Crippen molar-refractivity contribution in [3.8, 4) is 0 Å². The molecule has 1 atom stereocenters. The molecular formula is C25H32N2O3. The number of hydrogen-bond donors (Lipinski definition) is 0. The molecule has 1 aromatic rings. The molecule has 0 unspecified atom stereocenters. The van der Waals surface area contributed by atoms with Crippen LogP contribution in [0.25, 0.3) is 0 Å².